The van der Waals surface area contributed by atoms with Crippen molar-refractivity contribution in [1.29, 1.82) is 0 Å². The molecular formula is C29H35ClN6O2. The molecule has 2 heterocycles. The number of fused-ring (bicyclic) bond motifs is 1. The lowest BCUT2D eigenvalue weighted by atomic mass is 10.0. The number of hydrogen-bond acceptors (Lipinski definition) is 7. The van der Waals surface area contributed by atoms with Gasteiger partial charge in [0.15, 0.2) is 5.82 Å². The highest BCUT2D eigenvalue weighted by Crippen LogP contribution is 2.30. The van der Waals surface area contributed by atoms with Crippen LogP contribution in [0.3, 0.4) is 0 Å². The van der Waals surface area contributed by atoms with Crippen molar-refractivity contribution in [3.05, 3.63) is 70.4 Å². The van der Waals surface area contributed by atoms with Crippen LogP contribution in [-0.2, 0) is 17.6 Å². The number of rotatable bonds is 9. The Balaban J connectivity index is 1.28. The normalized spacial score (nSPS) is 17.5. The number of aromatic nitrogens is 2. The molecule has 0 saturated carbocycles. The van der Waals surface area contributed by atoms with Crippen molar-refractivity contribution in [2.24, 2.45) is 0 Å². The highest BCUT2D eigenvalue weighted by atomic mass is 35.5. The Bertz CT molecular complexity index is 1260. The number of carbonyl (C=O) groups is 1. The van der Waals surface area contributed by atoms with E-state index in [4.69, 9.17) is 16.3 Å². The highest BCUT2D eigenvalue weighted by molar-refractivity contribution is 6.33. The standard InChI is InChI=1S/C29H35ClN6O2/c1-38-17-14-31-28(37)24-6-2-3-7-26(24)34-27-25(30)19-32-29(35-27)33-22-11-8-20-9-12-23(13-10-21(20)18-22)36-15-4-5-16-36/h2-3,6-8,11,18-19,23H,4-5,9-10,12-17H2,1H3,(H,31,37)(H2,32,33,34,35). The number of nitrogens with zero attached hydrogens (tertiary/aromatic N) is 3. The third kappa shape index (κ3) is 6.43. The summed E-state index contributed by atoms with van der Waals surface area (Å²) in [7, 11) is 1.60. The molecule has 1 atom stereocenters. The van der Waals surface area contributed by atoms with Crippen molar-refractivity contribution in [2.75, 3.05) is 44.0 Å². The number of methoxy groups -OCH3 is 1. The zero-order chi connectivity index (χ0) is 26.3. The second-order valence-electron chi connectivity index (χ2n) is 9.89. The molecule has 1 aliphatic carbocycles. The molecule has 8 nitrogen and oxygen atoms in total. The number of halogens is 1. The van der Waals surface area contributed by atoms with Gasteiger partial charge in [-0.25, -0.2) is 4.98 Å². The van der Waals surface area contributed by atoms with E-state index in [1.165, 1.54) is 49.9 Å². The van der Waals surface area contributed by atoms with Gasteiger partial charge in [-0.2, -0.15) is 4.98 Å². The Kier molecular flexibility index (Phi) is 8.73. The van der Waals surface area contributed by atoms with Crippen molar-refractivity contribution in [3.63, 3.8) is 0 Å². The van der Waals surface area contributed by atoms with Gasteiger partial charge < -0.3 is 25.6 Å². The summed E-state index contributed by atoms with van der Waals surface area (Å²) < 4.78 is 5.02. The second-order valence-corrected chi connectivity index (χ2v) is 10.3. The Morgan fingerprint density at radius 3 is 2.68 bits per heavy atom. The van der Waals surface area contributed by atoms with E-state index in [1.807, 2.05) is 18.2 Å². The van der Waals surface area contributed by atoms with Crippen LogP contribution in [0.25, 0.3) is 0 Å². The summed E-state index contributed by atoms with van der Waals surface area (Å²) in [5.41, 5.74) is 4.89. The third-order valence-corrected chi connectivity index (χ3v) is 7.65. The predicted octanol–water partition coefficient (Wildman–Crippen LogP) is 5.34. The fraction of sp³-hybridized carbons (Fsp3) is 0.414. The Labute approximate surface area is 229 Å². The third-order valence-electron chi connectivity index (χ3n) is 7.37. The molecule has 1 aromatic heterocycles. The summed E-state index contributed by atoms with van der Waals surface area (Å²) in [5.74, 6) is 0.651. The maximum absolute atomic E-state index is 12.7. The van der Waals surface area contributed by atoms with Gasteiger partial charge >= 0.3 is 0 Å². The molecule has 2 aliphatic rings. The van der Waals surface area contributed by atoms with Gasteiger partial charge in [0.2, 0.25) is 5.95 Å². The minimum Gasteiger partial charge on any atom is -0.383 e. The van der Waals surface area contributed by atoms with Gasteiger partial charge in [-0.3, -0.25) is 4.79 Å². The summed E-state index contributed by atoms with van der Waals surface area (Å²) in [6.45, 7) is 3.36. The maximum atomic E-state index is 12.7. The van der Waals surface area contributed by atoms with Gasteiger partial charge in [0, 0.05) is 25.4 Å². The maximum Gasteiger partial charge on any atom is 0.253 e. The first-order chi connectivity index (χ1) is 18.6. The number of ether oxygens (including phenoxy) is 1. The van der Waals surface area contributed by atoms with Gasteiger partial charge in [-0.15, -0.1) is 0 Å². The lowest BCUT2D eigenvalue weighted by molar-refractivity contribution is 0.0938. The molecule has 2 aromatic carbocycles. The molecule has 0 bridgehead atoms. The zero-order valence-electron chi connectivity index (χ0n) is 21.8. The molecule has 0 spiro atoms. The molecule has 1 fully saturated rings. The molecule has 1 saturated heterocycles. The summed E-state index contributed by atoms with van der Waals surface area (Å²) in [4.78, 5) is 24.4. The fourth-order valence-electron chi connectivity index (χ4n) is 5.36. The lowest BCUT2D eigenvalue weighted by Gasteiger charge is -2.25. The van der Waals surface area contributed by atoms with Gasteiger partial charge in [0.25, 0.3) is 5.91 Å². The molecule has 5 rings (SSSR count). The summed E-state index contributed by atoms with van der Waals surface area (Å²) >= 11 is 6.43. The molecule has 1 amide bonds. The van der Waals surface area contributed by atoms with Crippen molar-refractivity contribution < 1.29 is 9.53 Å². The number of likely N-dealkylation sites (tertiary alicyclic amines) is 1. The molecule has 3 aromatic rings. The smallest absolute Gasteiger partial charge is 0.253 e. The molecule has 3 N–H and O–H groups in total. The molecule has 38 heavy (non-hydrogen) atoms. The Morgan fingerprint density at radius 2 is 1.87 bits per heavy atom. The number of para-hydroxylation sites is 1. The molecular weight excluding hydrogens is 500 g/mol. The van der Waals surface area contributed by atoms with Crippen LogP contribution in [0.4, 0.5) is 23.1 Å². The van der Waals surface area contributed by atoms with Crippen LogP contribution in [0.15, 0.2) is 48.7 Å². The Hall–Kier alpha value is -3.20. The number of hydrogen-bond donors (Lipinski definition) is 3. The van der Waals surface area contributed by atoms with E-state index in [9.17, 15) is 4.79 Å². The zero-order valence-corrected chi connectivity index (χ0v) is 22.6. The van der Waals surface area contributed by atoms with Crippen LogP contribution >= 0.6 is 11.6 Å². The minimum atomic E-state index is -0.203. The second kappa shape index (κ2) is 12.6. The predicted molar refractivity (Wildman–Crippen MR) is 152 cm³/mol. The van der Waals surface area contributed by atoms with Gasteiger partial charge in [-0.1, -0.05) is 29.8 Å². The van der Waals surface area contributed by atoms with Gasteiger partial charge in [0.05, 0.1) is 24.1 Å². The van der Waals surface area contributed by atoms with Crippen molar-refractivity contribution in [3.8, 4) is 0 Å². The van der Waals surface area contributed by atoms with Gasteiger partial charge in [-0.05, 0) is 87.0 Å². The summed E-state index contributed by atoms with van der Waals surface area (Å²) in [5, 5.41) is 9.76. The topological polar surface area (TPSA) is 91.4 Å². The van der Waals surface area contributed by atoms with Gasteiger partial charge in [0.1, 0.15) is 5.02 Å². The number of anilines is 4. The van der Waals surface area contributed by atoms with E-state index in [-0.39, 0.29) is 5.91 Å². The average molecular weight is 535 g/mol. The van der Waals surface area contributed by atoms with Crippen LogP contribution in [0.2, 0.25) is 5.02 Å². The van der Waals surface area contributed by atoms with E-state index in [1.54, 1.807) is 19.4 Å². The first-order valence-electron chi connectivity index (χ1n) is 13.4. The first-order valence-corrected chi connectivity index (χ1v) is 13.8. The first kappa shape index (κ1) is 26.4. The molecule has 9 heteroatoms. The van der Waals surface area contributed by atoms with E-state index in [0.717, 1.165) is 18.5 Å². The van der Waals surface area contributed by atoms with E-state index < -0.39 is 0 Å². The van der Waals surface area contributed by atoms with Crippen molar-refractivity contribution in [2.45, 2.75) is 44.6 Å². The van der Waals surface area contributed by atoms with Crippen molar-refractivity contribution in [1.82, 2.24) is 20.2 Å². The van der Waals surface area contributed by atoms with Crippen LogP contribution in [0.5, 0.6) is 0 Å². The van der Waals surface area contributed by atoms with Crippen LogP contribution in [0, 0.1) is 0 Å². The van der Waals surface area contributed by atoms with E-state index in [2.05, 4.69) is 49.0 Å². The average Bonchev–Trinajstić information content (AvgIpc) is 3.38. The van der Waals surface area contributed by atoms with Crippen molar-refractivity contribution >= 4 is 40.6 Å². The Morgan fingerprint density at radius 1 is 1.08 bits per heavy atom. The number of nitrogens with one attached hydrogen (secondary N) is 3. The van der Waals surface area contributed by atoms with E-state index in [0.29, 0.717) is 47.2 Å². The monoisotopic (exact) mass is 534 g/mol. The number of aryl methyl sites for hydroxylation is 2. The summed E-state index contributed by atoms with van der Waals surface area (Å²) in [6.07, 6.45) is 8.89. The molecule has 1 aliphatic heterocycles. The molecule has 1 unspecified atom stereocenters. The van der Waals surface area contributed by atoms with Crippen LogP contribution in [-0.4, -0.2) is 60.2 Å². The largest absolute Gasteiger partial charge is 0.383 e. The number of benzene rings is 2. The van der Waals surface area contributed by atoms with E-state index >= 15 is 0 Å². The lowest BCUT2D eigenvalue weighted by Crippen LogP contribution is -2.32. The molecule has 0 radical (unpaired) electrons. The molecule has 200 valence electrons. The number of carbonyl (C=O) groups excluding carboxylic acids is 1. The highest BCUT2D eigenvalue weighted by Gasteiger charge is 2.24. The fourth-order valence-corrected chi connectivity index (χ4v) is 5.50. The summed E-state index contributed by atoms with van der Waals surface area (Å²) in [6, 6.07) is 14.5. The van der Waals surface area contributed by atoms with Crippen LogP contribution in [0.1, 0.15) is 47.2 Å². The SMILES string of the molecule is COCCNC(=O)c1ccccc1Nc1nc(Nc2ccc3c(c2)CCC(N2CCCC2)CC3)ncc1Cl. The number of amides is 1. The van der Waals surface area contributed by atoms with Crippen LogP contribution < -0.4 is 16.0 Å². The minimum absolute atomic E-state index is 0.203. The quantitative estimate of drug-likeness (QED) is 0.252.